The van der Waals surface area contributed by atoms with Gasteiger partial charge in [0.15, 0.2) is 0 Å². The number of likely N-dealkylation sites (tertiary alicyclic amines) is 1. The molecule has 1 saturated heterocycles. The summed E-state index contributed by atoms with van der Waals surface area (Å²) in [6.45, 7) is 8.41. The molecular weight excluding hydrogens is 196 g/mol. The summed E-state index contributed by atoms with van der Waals surface area (Å²) >= 11 is 0. The Balaban J connectivity index is 1.95. The number of unbranched alkanes of at least 4 members (excludes halogenated alkanes) is 3. The first-order chi connectivity index (χ1) is 7.72. The molecule has 1 N–H and O–H groups in total. The summed E-state index contributed by atoms with van der Waals surface area (Å²) in [7, 11) is 2.23. The van der Waals surface area contributed by atoms with Crippen LogP contribution in [0.4, 0.5) is 0 Å². The topological polar surface area (TPSA) is 15.3 Å². The number of hydrogen-bond donors (Lipinski definition) is 1. The maximum absolute atomic E-state index is 3.70. The summed E-state index contributed by atoms with van der Waals surface area (Å²) < 4.78 is 0. The van der Waals surface area contributed by atoms with E-state index in [0.29, 0.717) is 6.04 Å². The van der Waals surface area contributed by atoms with Gasteiger partial charge in [-0.3, -0.25) is 0 Å². The van der Waals surface area contributed by atoms with E-state index in [9.17, 15) is 0 Å². The molecule has 16 heavy (non-hydrogen) atoms. The maximum Gasteiger partial charge on any atom is 0.00388 e. The molecule has 1 aliphatic rings. The molecule has 0 aromatic carbocycles. The fourth-order valence-corrected chi connectivity index (χ4v) is 2.54. The van der Waals surface area contributed by atoms with E-state index in [1.807, 2.05) is 0 Å². The third-order valence-corrected chi connectivity index (χ3v) is 3.73. The molecule has 0 saturated carbocycles. The lowest BCUT2D eigenvalue weighted by atomic mass is 10.1. The lowest BCUT2D eigenvalue weighted by Crippen LogP contribution is -2.32. The molecule has 0 spiro atoms. The van der Waals surface area contributed by atoms with Gasteiger partial charge in [-0.05, 0) is 45.8 Å². The molecule has 1 fully saturated rings. The van der Waals surface area contributed by atoms with Crippen LogP contribution >= 0.6 is 0 Å². The van der Waals surface area contributed by atoms with Gasteiger partial charge in [-0.15, -0.1) is 0 Å². The monoisotopic (exact) mass is 226 g/mol. The van der Waals surface area contributed by atoms with Gasteiger partial charge < -0.3 is 10.2 Å². The molecule has 1 rings (SSSR count). The quantitative estimate of drug-likeness (QED) is 0.640. The van der Waals surface area contributed by atoms with E-state index < -0.39 is 0 Å². The van der Waals surface area contributed by atoms with E-state index in [1.165, 1.54) is 58.2 Å². The van der Waals surface area contributed by atoms with E-state index in [1.54, 1.807) is 0 Å². The molecule has 0 aromatic heterocycles. The Labute approximate surface area is 102 Å². The van der Waals surface area contributed by atoms with Gasteiger partial charge in [0.05, 0.1) is 0 Å². The fourth-order valence-electron chi connectivity index (χ4n) is 2.54. The zero-order valence-electron chi connectivity index (χ0n) is 11.5. The van der Waals surface area contributed by atoms with E-state index in [2.05, 4.69) is 31.1 Å². The minimum absolute atomic E-state index is 0.711. The Hall–Kier alpha value is -0.0800. The van der Waals surface area contributed by atoms with E-state index in [4.69, 9.17) is 0 Å². The normalized spacial score (nSPS) is 23.8. The van der Waals surface area contributed by atoms with Crippen LogP contribution in [-0.4, -0.2) is 37.6 Å². The van der Waals surface area contributed by atoms with Crippen LogP contribution in [-0.2, 0) is 0 Å². The van der Waals surface area contributed by atoms with Crippen molar-refractivity contribution in [1.29, 1.82) is 0 Å². The van der Waals surface area contributed by atoms with Gasteiger partial charge in [0.2, 0.25) is 0 Å². The molecule has 2 atom stereocenters. The van der Waals surface area contributed by atoms with Gasteiger partial charge in [0, 0.05) is 12.6 Å². The first kappa shape index (κ1) is 14.0. The second-order valence-corrected chi connectivity index (χ2v) is 5.58. The predicted molar refractivity (Wildman–Crippen MR) is 71.8 cm³/mol. The molecule has 1 heterocycles. The highest BCUT2D eigenvalue weighted by atomic mass is 15.1. The number of nitrogens with one attached hydrogen (secondary N) is 1. The fraction of sp³-hybridized carbons (Fsp3) is 1.00. The van der Waals surface area contributed by atoms with Gasteiger partial charge in [-0.1, -0.05) is 32.6 Å². The van der Waals surface area contributed by atoms with Crippen molar-refractivity contribution in [2.24, 2.45) is 5.92 Å². The Bertz CT molecular complexity index is 170. The minimum atomic E-state index is 0.711. The standard InChI is InChI=1S/C14H30N2/c1-4-5-6-7-8-13(2)15-11-14-9-10-16(3)12-14/h13-15H,4-12H2,1-3H3. The van der Waals surface area contributed by atoms with E-state index >= 15 is 0 Å². The van der Waals surface area contributed by atoms with Crippen LogP contribution in [0, 0.1) is 5.92 Å². The van der Waals surface area contributed by atoms with Gasteiger partial charge in [0.25, 0.3) is 0 Å². The molecule has 2 heteroatoms. The second-order valence-electron chi connectivity index (χ2n) is 5.58. The van der Waals surface area contributed by atoms with Crippen LogP contribution in [0.3, 0.4) is 0 Å². The molecule has 2 nitrogen and oxygen atoms in total. The molecule has 0 aromatic rings. The van der Waals surface area contributed by atoms with Crippen molar-refractivity contribution < 1.29 is 0 Å². The Morgan fingerprint density at radius 2 is 2.12 bits per heavy atom. The Morgan fingerprint density at radius 3 is 2.75 bits per heavy atom. The highest BCUT2D eigenvalue weighted by Crippen LogP contribution is 2.13. The summed E-state index contributed by atoms with van der Waals surface area (Å²) in [5.74, 6) is 0.892. The SMILES string of the molecule is CCCCCCC(C)NCC1CCN(C)C1. The van der Waals surface area contributed by atoms with Crippen LogP contribution in [0.2, 0.25) is 0 Å². The molecule has 0 aliphatic carbocycles. The smallest absolute Gasteiger partial charge is 0.00388 e. The maximum atomic E-state index is 3.70. The average molecular weight is 226 g/mol. The van der Waals surface area contributed by atoms with Crippen molar-refractivity contribution in [2.75, 3.05) is 26.7 Å². The molecule has 1 aliphatic heterocycles. The molecule has 0 radical (unpaired) electrons. The van der Waals surface area contributed by atoms with Crippen molar-refractivity contribution in [3.05, 3.63) is 0 Å². The molecule has 0 amide bonds. The van der Waals surface area contributed by atoms with Crippen LogP contribution in [0.5, 0.6) is 0 Å². The van der Waals surface area contributed by atoms with Crippen LogP contribution in [0.1, 0.15) is 52.4 Å². The summed E-state index contributed by atoms with van der Waals surface area (Å²) in [6.07, 6.45) is 8.28. The highest BCUT2D eigenvalue weighted by molar-refractivity contribution is 4.76. The summed E-state index contributed by atoms with van der Waals surface area (Å²) in [6, 6.07) is 0.711. The average Bonchev–Trinajstić information content (AvgIpc) is 2.68. The number of hydrogen-bond acceptors (Lipinski definition) is 2. The third kappa shape index (κ3) is 5.86. The van der Waals surface area contributed by atoms with Crippen molar-refractivity contribution in [3.63, 3.8) is 0 Å². The Kier molecular flexibility index (Phi) is 7.06. The van der Waals surface area contributed by atoms with Crippen molar-refractivity contribution in [2.45, 2.75) is 58.4 Å². The zero-order valence-corrected chi connectivity index (χ0v) is 11.5. The molecule has 96 valence electrons. The van der Waals surface area contributed by atoms with Gasteiger partial charge >= 0.3 is 0 Å². The van der Waals surface area contributed by atoms with Gasteiger partial charge in [0.1, 0.15) is 0 Å². The number of rotatable bonds is 8. The summed E-state index contributed by atoms with van der Waals surface area (Å²) in [4.78, 5) is 2.44. The van der Waals surface area contributed by atoms with Crippen molar-refractivity contribution in [1.82, 2.24) is 10.2 Å². The second kappa shape index (κ2) is 8.08. The lowest BCUT2D eigenvalue weighted by Gasteiger charge is -2.17. The predicted octanol–water partition coefficient (Wildman–Crippen LogP) is 2.89. The zero-order chi connectivity index (χ0) is 11.8. The first-order valence-corrected chi connectivity index (χ1v) is 7.14. The van der Waals surface area contributed by atoms with E-state index in [0.717, 1.165) is 5.92 Å². The highest BCUT2D eigenvalue weighted by Gasteiger charge is 2.19. The van der Waals surface area contributed by atoms with Gasteiger partial charge in [-0.25, -0.2) is 0 Å². The summed E-state index contributed by atoms with van der Waals surface area (Å²) in [5, 5.41) is 3.70. The van der Waals surface area contributed by atoms with Crippen LogP contribution in [0.15, 0.2) is 0 Å². The lowest BCUT2D eigenvalue weighted by molar-refractivity contribution is 0.375. The molecular formula is C14H30N2. The number of nitrogens with zero attached hydrogens (tertiary/aromatic N) is 1. The van der Waals surface area contributed by atoms with Crippen molar-refractivity contribution >= 4 is 0 Å². The third-order valence-electron chi connectivity index (χ3n) is 3.73. The van der Waals surface area contributed by atoms with Gasteiger partial charge in [-0.2, -0.15) is 0 Å². The van der Waals surface area contributed by atoms with E-state index in [-0.39, 0.29) is 0 Å². The first-order valence-electron chi connectivity index (χ1n) is 7.14. The Morgan fingerprint density at radius 1 is 1.31 bits per heavy atom. The molecule has 0 bridgehead atoms. The van der Waals surface area contributed by atoms with Crippen molar-refractivity contribution in [3.8, 4) is 0 Å². The summed E-state index contributed by atoms with van der Waals surface area (Å²) in [5.41, 5.74) is 0. The largest absolute Gasteiger partial charge is 0.314 e. The van der Waals surface area contributed by atoms with Crippen LogP contribution < -0.4 is 5.32 Å². The van der Waals surface area contributed by atoms with Crippen LogP contribution in [0.25, 0.3) is 0 Å². The minimum Gasteiger partial charge on any atom is -0.314 e. The molecule has 2 unspecified atom stereocenters.